The van der Waals surface area contributed by atoms with Gasteiger partial charge in [0, 0.05) is 12.0 Å². The molecule has 1 aliphatic rings. The second kappa shape index (κ2) is 6.04. The Balaban J connectivity index is 2.11. The highest BCUT2D eigenvalue weighted by molar-refractivity contribution is 5.68. The van der Waals surface area contributed by atoms with Crippen molar-refractivity contribution in [1.82, 2.24) is 0 Å². The van der Waals surface area contributed by atoms with Gasteiger partial charge in [0.15, 0.2) is 11.5 Å². The summed E-state index contributed by atoms with van der Waals surface area (Å²) >= 11 is 0. The van der Waals surface area contributed by atoms with E-state index >= 15 is 0 Å². The van der Waals surface area contributed by atoms with Gasteiger partial charge < -0.3 is 19.3 Å². The standard InChI is InChI=1S/C13H14F2O5/c14-13(15,8-18-7-12(16)17)9-2-3-10-11(6-9)20-5-1-4-19-10/h2-3,6H,1,4-5,7-8H2,(H,16,17). The number of aliphatic carboxylic acids is 1. The maximum Gasteiger partial charge on any atom is 0.329 e. The molecule has 7 heteroatoms. The van der Waals surface area contributed by atoms with Crippen LogP contribution in [-0.2, 0) is 15.5 Å². The molecule has 0 radical (unpaired) electrons. The van der Waals surface area contributed by atoms with Crippen LogP contribution >= 0.6 is 0 Å². The first-order valence-electron chi connectivity index (χ1n) is 6.06. The molecule has 0 bridgehead atoms. The van der Waals surface area contributed by atoms with Crippen molar-refractivity contribution < 1.29 is 32.9 Å². The fourth-order valence-corrected chi connectivity index (χ4v) is 1.74. The van der Waals surface area contributed by atoms with Crippen LogP contribution in [0.15, 0.2) is 18.2 Å². The van der Waals surface area contributed by atoms with Crippen molar-refractivity contribution in [2.45, 2.75) is 12.3 Å². The highest BCUT2D eigenvalue weighted by Gasteiger charge is 2.33. The van der Waals surface area contributed by atoms with E-state index in [4.69, 9.17) is 14.6 Å². The van der Waals surface area contributed by atoms with E-state index in [1.165, 1.54) is 18.2 Å². The summed E-state index contributed by atoms with van der Waals surface area (Å²) in [5.74, 6) is -3.90. The zero-order chi connectivity index (χ0) is 14.6. The van der Waals surface area contributed by atoms with Gasteiger partial charge in [-0.2, -0.15) is 8.78 Å². The molecule has 1 aromatic carbocycles. The van der Waals surface area contributed by atoms with Gasteiger partial charge in [-0.05, 0) is 18.2 Å². The van der Waals surface area contributed by atoms with E-state index in [1.54, 1.807) is 0 Å². The van der Waals surface area contributed by atoms with Gasteiger partial charge in [0.05, 0.1) is 13.2 Å². The lowest BCUT2D eigenvalue weighted by molar-refractivity contribution is -0.147. The number of hydrogen-bond acceptors (Lipinski definition) is 4. The monoisotopic (exact) mass is 288 g/mol. The van der Waals surface area contributed by atoms with Gasteiger partial charge in [-0.1, -0.05) is 0 Å². The third-order valence-electron chi connectivity index (χ3n) is 2.68. The Hall–Kier alpha value is -1.89. The summed E-state index contributed by atoms with van der Waals surface area (Å²) in [7, 11) is 0. The van der Waals surface area contributed by atoms with Crippen LogP contribution in [0.4, 0.5) is 8.78 Å². The second-order valence-corrected chi connectivity index (χ2v) is 4.30. The minimum atomic E-state index is -3.29. The zero-order valence-corrected chi connectivity index (χ0v) is 10.6. The number of carboxylic acids is 1. The summed E-state index contributed by atoms with van der Waals surface area (Å²) in [6.45, 7) is -0.888. The first kappa shape index (κ1) is 14.5. The summed E-state index contributed by atoms with van der Waals surface area (Å²) in [5.41, 5.74) is -0.299. The zero-order valence-electron chi connectivity index (χ0n) is 10.6. The van der Waals surface area contributed by atoms with Crippen LogP contribution in [0.25, 0.3) is 0 Å². The van der Waals surface area contributed by atoms with E-state index in [0.717, 1.165) is 0 Å². The lowest BCUT2D eigenvalue weighted by Crippen LogP contribution is -2.23. The van der Waals surface area contributed by atoms with E-state index in [1.807, 2.05) is 0 Å². The normalized spacial score (nSPS) is 14.7. The molecule has 110 valence electrons. The van der Waals surface area contributed by atoms with Crippen LogP contribution in [0.2, 0.25) is 0 Å². The summed E-state index contributed by atoms with van der Waals surface area (Å²) < 4.78 is 42.9. The number of rotatable bonds is 5. The fourth-order valence-electron chi connectivity index (χ4n) is 1.74. The molecule has 0 saturated heterocycles. The van der Waals surface area contributed by atoms with Gasteiger partial charge in [-0.15, -0.1) is 0 Å². The predicted molar refractivity (Wildman–Crippen MR) is 64.4 cm³/mol. The molecule has 0 fully saturated rings. The molecule has 20 heavy (non-hydrogen) atoms. The number of alkyl halides is 2. The molecule has 1 aromatic rings. The molecule has 0 unspecified atom stereocenters. The molecule has 0 aliphatic carbocycles. The highest BCUT2D eigenvalue weighted by atomic mass is 19.3. The lowest BCUT2D eigenvalue weighted by atomic mass is 10.1. The van der Waals surface area contributed by atoms with Crippen LogP contribution < -0.4 is 9.47 Å². The molecule has 0 atom stereocenters. The molecule has 5 nitrogen and oxygen atoms in total. The Bertz CT molecular complexity index is 490. The first-order valence-corrected chi connectivity index (χ1v) is 6.06. The van der Waals surface area contributed by atoms with Gasteiger partial charge >= 0.3 is 5.97 Å². The topological polar surface area (TPSA) is 65.0 Å². The quantitative estimate of drug-likeness (QED) is 0.898. The van der Waals surface area contributed by atoms with Crippen molar-refractivity contribution in [1.29, 1.82) is 0 Å². The lowest BCUT2D eigenvalue weighted by Gasteiger charge is -2.18. The average Bonchev–Trinajstić information content (AvgIpc) is 2.62. The van der Waals surface area contributed by atoms with E-state index in [0.29, 0.717) is 25.4 Å². The van der Waals surface area contributed by atoms with E-state index < -0.39 is 25.1 Å². The summed E-state index contributed by atoms with van der Waals surface area (Å²) in [5, 5.41) is 8.36. The van der Waals surface area contributed by atoms with Crippen molar-refractivity contribution in [3.8, 4) is 11.5 Å². The molecule has 1 aliphatic heterocycles. The Morgan fingerprint density at radius 2 is 2.00 bits per heavy atom. The molecule has 0 spiro atoms. The SMILES string of the molecule is O=C(O)COCC(F)(F)c1ccc2c(c1)OCCCO2. The highest BCUT2D eigenvalue weighted by Crippen LogP contribution is 2.36. The van der Waals surface area contributed by atoms with Gasteiger partial charge in [0.1, 0.15) is 13.2 Å². The Morgan fingerprint density at radius 1 is 1.30 bits per heavy atom. The second-order valence-electron chi connectivity index (χ2n) is 4.30. The van der Waals surface area contributed by atoms with Gasteiger partial charge in [0.25, 0.3) is 5.92 Å². The van der Waals surface area contributed by atoms with Crippen molar-refractivity contribution in [2.24, 2.45) is 0 Å². The van der Waals surface area contributed by atoms with Gasteiger partial charge in [-0.25, -0.2) is 4.79 Å². The number of ether oxygens (including phenoxy) is 3. The Labute approximate surface area is 114 Å². The van der Waals surface area contributed by atoms with Crippen molar-refractivity contribution in [2.75, 3.05) is 26.4 Å². The third kappa shape index (κ3) is 3.57. The third-order valence-corrected chi connectivity index (χ3v) is 2.68. The van der Waals surface area contributed by atoms with Crippen LogP contribution in [0.1, 0.15) is 12.0 Å². The van der Waals surface area contributed by atoms with Crippen LogP contribution in [0.3, 0.4) is 0 Å². The molecule has 0 saturated carbocycles. The molecule has 1 heterocycles. The first-order chi connectivity index (χ1) is 9.49. The van der Waals surface area contributed by atoms with E-state index in [9.17, 15) is 13.6 Å². The smallest absolute Gasteiger partial charge is 0.329 e. The number of hydrogen-bond donors (Lipinski definition) is 1. The summed E-state index contributed by atoms with van der Waals surface area (Å²) in [6.07, 6.45) is 0.683. The summed E-state index contributed by atoms with van der Waals surface area (Å²) in [4.78, 5) is 10.2. The Morgan fingerprint density at radius 3 is 2.70 bits per heavy atom. The number of fused-ring (bicyclic) bond motifs is 1. The number of benzene rings is 1. The number of carbonyl (C=O) groups is 1. The van der Waals surface area contributed by atoms with E-state index in [2.05, 4.69) is 4.74 Å². The maximum atomic E-state index is 13.9. The fraction of sp³-hybridized carbons (Fsp3) is 0.462. The van der Waals surface area contributed by atoms with Gasteiger partial charge in [0.2, 0.25) is 0 Å². The average molecular weight is 288 g/mol. The minimum absolute atomic E-state index is 0.262. The predicted octanol–water partition coefficient (Wildman–Crippen LogP) is 2.04. The van der Waals surface area contributed by atoms with Crippen LogP contribution in [-0.4, -0.2) is 37.5 Å². The van der Waals surface area contributed by atoms with Crippen LogP contribution in [0.5, 0.6) is 11.5 Å². The number of halogens is 2. The molecule has 1 N–H and O–H groups in total. The molecule has 0 aromatic heterocycles. The molecular weight excluding hydrogens is 274 g/mol. The Kier molecular flexibility index (Phi) is 4.39. The molecule has 0 amide bonds. The molecule has 2 rings (SSSR count). The van der Waals surface area contributed by atoms with Crippen LogP contribution in [0, 0.1) is 0 Å². The number of carboxylic acid groups (broad SMARTS) is 1. The molecular formula is C13H14F2O5. The van der Waals surface area contributed by atoms with E-state index in [-0.39, 0.29) is 11.3 Å². The minimum Gasteiger partial charge on any atom is -0.490 e. The van der Waals surface area contributed by atoms with Crippen molar-refractivity contribution >= 4 is 5.97 Å². The maximum absolute atomic E-state index is 13.9. The summed E-state index contributed by atoms with van der Waals surface area (Å²) in [6, 6.07) is 3.84. The largest absolute Gasteiger partial charge is 0.490 e. The van der Waals surface area contributed by atoms with Crippen molar-refractivity contribution in [3.63, 3.8) is 0 Å². The van der Waals surface area contributed by atoms with Gasteiger partial charge in [-0.3, -0.25) is 0 Å². The van der Waals surface area contributed by atoms with Crippen molar-refractivity contribution in [3.05, 3.63) is 23.8 Å².